The van der Waals surface area contributed by atoms with Crippen LogP contribution in [0.3, 0.4) is 0 Å². The fraction of sp³-hybridized carbons (Fsp3) is 0.929. The van der Waals surface area contributed by atoms with Gasteiger partial charge in [-0.15, -0.1) is 0 Å². The molecule has 2 rings (SSSR count). The molecule has 0 unspecified atom stereocenters. The minimum atomic E-state index is -0.621. The van der Waals surface area contributed by atoms with Gasteiger partial charge in [0.1, 0.15) is 5.60 Å². The summed E-state index contributed by atoms with van der Waals surface area (Å²) in [6, 6.07) is 0. The summed E-state index contributed by atoms with van der Waals surface area (Å²) in [4.78, 5) is 13.6. The van der Waals surface area contributed by atoms with Gasteiger partial charge < -0.3 is 24.2 Å². The van der Waals surface area contributed by atoms with E-state index in [-0.39, 0.29) is 18.6 Å². The maximum atomic E-state index is 12.0. The number of carbonyl (C=O) groups is 1. The van der Waals surface area contributed by atoms with Crippen molar-refractivity contribution in [3.63, 3.8) is 0 Å². The van der Waals surface area contributed by atoms with Crippen LogP contribution in [0.4, 0.5) is 4.79 Å². The van der Waals surface area contributed by atoms with Crippen molar-refractivity contribution in [3.05, 3.63) is 0 Å². The highest BCUT2D eigenvalue weighted by molar-refractivity contribution is 5.68. The van der Waals surface area contributed by atoms with E-state index in [1.807, 2.05) is 34.6 Å². The normalized spacial score (nSPS) is 33.5. The first-order valence-electron chi connectivity index (χ1n) is 7.05. The van der Waals surface area contributed by atoms with Crippen molar-refractivity contribution in [2.45, 2.75) is 58.2 Å². The third kappa shape index (κ3) is 3.62. The number of rotatable bonds is 1. The maximum absolute atomic E-state index is 12.0. The lowest BCUT2D eigenvalue weighted by Crippen LogP contribution is -2.36. The van der Waals surface area contributed by atoms with Gasteiger partial charge in [-0.25, -0.2) is 4.79 Å². The summed E-state index contributed by atoms with van der Waals surface area (Å²) in [6.45, 7) is 10.3. The Labute approximate surface area is 120 Å². The van der Waals surface area contributed by atoms with Gasteiger partial charge in [0, 0.05) is 12.5 Å². The van der Waals surface area contributed by atoms with Crippen LogP contribution in [-0.2, 0) is 14.2 Å². The van der Waals surface area contributed by atoms with Crippen LogP contribution in [0.5, 0.6) is 0 Å². The molecule has 6 heteroatoms. The Morgan fingerprint density at radius 2 is 2.00 bits per heavy atom. The second-order valence-electron chi connectivity index (χ2n) is 6.98. The van der Waals surface area contributed by atoms with E-state index in [0.717, 1.165) is 0 Å². The first kappa shape index (κ1) is 15.5. The molecule has 0 aromatic rings. The largest absolute Gasteiger partial charge is 0.444 e. The molecule has 0 saturated carbocycles. The Balaban J connectivity index is 1.94. The van der Waals surface area contributed by atoms with Crippen LogP contribution in [-0.4, -0.2) is 59.4 Å². The van der Waals surface area contributed by atoms with Crippen molar-refractivity contribution in [2.24, 2.45) is 5.92 Å². The summed E-state index contributed by atoms with van der Waals surface area (Å²) in [7, 11) is 0. The minimum absolute atomic E-state index is 0.135. The molecule has 20 heavy (non-hydrogen) atoms. The molecule has 2 saturated heterocycles. The summed E-state index contributed by atoms with van der Waals surface area (Å²) < 4.78 is 16.6. The number of hydrogen-bond acceptors (Lipinski definition) is 5. The van der Waals surface area contributed by atoms with E-state index in [9.17, 15) is 9.90 Å². The van der Waals surface area contributed by atoms with E-state index in [2.05, 4.69) is 0 Å². The Bertz CT molecular complexity index is 376. The molecule has 0 aliphatic carbocycles. The third-order valence-electron chi connectivity index (χ3n) is 3.49. The van der Waals surface area contributed by atoms with E-state index in [1.54, 1.807) is 0 Å². The molecule has 0 spiro atoms. The molecule has 2 aliphatic heterocycles. The molecule has 2 aliphatic rings. The molecule has 2 heterocycles. The zero-order chi connectivity index (χ0) is 15.1. The molecular formula is C14H25NO5. The van der Waals surface area contributed by atoms with Gasteiger partial charge in [0.25, 0.3) is 0 Å². The molecule has 0 radical (unpaired) electrons. The summed E-state index contributed by atoms with van der Waals surface area (Å²) in [6.07, 6.45) is -1.19. The summed E-state index contributed by atoms with van der Waals surface area (Å²) in [5, 5.41) is 10.2. The van der Waals surface area contributed by atoms with Crippen molar-refractivity contribution in [2.75, 3.05) is 19.7 Å². The lowest BCUT2D eigenvalue weighted by Gasteiger charge is -2.25. The molecule has 116 valence electrons. The predicted octanol–water partition coefficient (Wildman–Crippen LogP) is 1.37. The number of ether oxygens (including phenoxy) is 3. The number of nitrogens with zero attached hydrogens (tertiary/aromatic N) is 1. The molecule has 1 N–H and O–H groups in total. The van der Waals surface area contributed by atoms with E-state index >= 15 is 0 Å². The SMILES string of the molecule is CC(C)(C)OC(=O)N1C[C@H]([C@@H]2COC(C)(C)O2)[C@@H](O)C1. The smallest absolute Gasteiger partial charge is 0.410 e. The monoisotopic (exact) mass is 287 g/mol. The number of β-amino-alcohol motifs (C(OH)–C–C–N with tert-alkyl or cyclic N) is 1. The molecule has 3 atom stereocenters. The number of aliphatic hydroxyl groups is 1. The fourth-order valence-electron chi connectivity index (χ4n) is 2.58. The Morgan fingerprint density at radius 1 is 1.35 bits per heavy atom. The van der Waals surface area contributed by atoms with Crippen molar-refractivity contribution in [1.29, 1.82) is 0 Å². The summed E-state index contributed by atoms with van der Waals surface area (Å²) in [5.41, 5.74) is -0.533. The molecule has 1 amide bonds. The quantitative estimate of drug-likeness (QED) is 0.789. The summed E-state index contributed by atoms with van der Waals surface area (Å²) >= 11 is 0. The average Bonchev–Trinajstić information content (AvgIpc) is 2.79. The first-order chi connectivity index (χ1) is 9.07. The van der Waals surface area contributed by atoms with E-state index in [0.29, 0.717) is 13.2 Å². The third-order valence-corrected chi connectivity index (χ3v) is 3.49. The van der Waals surface area contributed by atoms with Gasteiger partial charge in [-0.2, -0.15) is 0 Å². The minimum Gasteiger partial charge on any atom is -0.444 e. The zero-order valence-corrected chi connectivity index (χ0v) is 12.9. The highest BCUT2D eigenvalue weighted by Crippen LogP contribution is 2.32. The van der Waals surface area contributed by atoms with Gasteiger partial charge in [-0.1, -0.05) is 0 Å². The van der Waals surface area contributed by atoms with Crippen LogP contribution in [0.2, 0.25) is 0 Å². The first-order valence-corrected chi connectivity index (χ1v) is 7.05. The van der Waals surface area contributed by atoms with Crippen LogP contribution in [0.1, 0.15) is 34.6 Å². The molecular weight excluding hydrogens is 262 g/mol. The van der Waals surface area contributed by atoms with E-state index in [1.165, 1.54) is 4.90 Å². The lowest BCUT2D eigenvalue weighted by molar-refractivity contribution is -0.147. The van der Waals surface area contributed by atoms with Crippen molar-refractivity contribution in [3.8, 4) is 0 Å². The fourth-order valence-corrected chi connectivity index (χ4v) is 2.58. The molecule has 6 nitrogen and oxygen atoms in total. The van der Waals surface area contributed by atoms with Gasteiger partial charge >= 0.3 is 6.09 Å². The van der Waals surface area contributed by atoms with E-state index < -0.39 is 23.6 Å². The van der Waals surface area contributed by atoms with Gasteiger partial charge in [0.05, 0.1) is 25.4 Å². The maximum Gasteiger partial charge on any atom is 0.410 e. The zero-order valence-electron chi connectivity index (χ0n) is 12.9. The number of hydrogen-bond donors (Lipinski definition) is 1. The van der Waals surface area contributed by atoms with Gasteiger partial charge in [-0.05, 0) is 34.6 Å². The average molecular weight is 287 g/mol. The highest BCUT2D eigenvalue weighted by atomic mass is 16.7. The second kappa shape index (κ2) is 5.16. The molecule has 0 aromatic carbocycles. The van der Waals surface area contributed by atoms with Crippen molar-refractivity contribution in [1.82, 2.24) is 4.90 Å². The van der Waals surface area contributed by atoms with Crippen LogP contribution in [0.15, 0.2) is 0 Å². The molecule has 2 fully saturated rings. The van der Waals surface area contributed by atoms with Crippen LogP contribution in [0, 0.1) is 5.92 Å². The predicted molar refractivity (Wildman–Crippen MR) is 72.2 cm³/mol. The molecule has 0 bridgehead atoms. The summed E-state index contributed by atoms with van der Waals surface area (Å²) in [5.74, 6) is -0.756. The second-order valence-corrected chi connectivity index (χ2v) is 6.98. The van der Waals surface area contributed by atoms with Gasteiger partial charge in [0.2, 0.25) is 0 Å². The Morgan fingerprint density at radius 3 is 2.50 bits per heavy atom. The topological polar surface area (TPSA) is 68.2 Å². The van der Waals surface area contributed by atoms with Crippen LogP contribution < -0.4 is 0 Å². The Hall–Kier alpha value is -0.850. The Kier molecular flexibility index (Phi) is 4.01. The number of amides is 1. The standard InChI is InChI=1S/C14H25NO5/c1-13(2,3)20-12(17)15-6-9(10(16)7-15)11-8-18-14(4,5)19-11/h9-11,16H,6-8H2,1-5H3/t9-,10-,11-/m0/s1. The number of aliphatic hydroxyl groups excluding tert-OH is 1. The highest BCUT2D eigenvalue weighted by Gasteiger charge is 2.45. The number of likely N-dealkylation sites (tertiary alicyclic amines) is 1. The van der Waals surface area contributed by atoms with Crippen molar-refractivity contribution < 1.29 is 24.1 Å². The number of carbonyl (C=O) groups excluding carboxylic acids is 1. The van der Waals surface area contributed by atoms with Crippen molar-refractivity contribution >= 4 is 6.09 Å². The molecule has 0 aromatic heterocycles. The van der Waals surface area contributed by atoms with Gasteiger partial charge in [0.15, 0.2) is 5.79 Å². The lowest BCUT2D eigenvalue weighted by atomic mass is 10.00. The van der Waals surface area contributed by atoms with Gasteiger partial charge in [-0.3, -0.25) is 0 Å². The van der Waals surface area contributed by atoms with Crippen LogP contribution >= 0.6 is 0 Å². The van der Waals surface area contributed by atoms with E-state index in [4.69, 9.17) is 14.2 Å². The van der Waals surface area contributed by atoms with Crippen LogP contribution in [0.25, 0.3) is 0 Å².